The predicted octanol–water partition coefficient (Wildman–Crippen LogP) is 1.82. The third kappa shape index (κ3) is 5.70. The van der Waals surface area contributed by atoms with Crippen molar-refractivity contribution in [2.45, 2.75) is 78.6 Å². The molecule has 0 aromatic heterocycles. The summed E-state index contributed by atoms with van der Waals surface area (Å²) in [6.45, 7) is 30.1. The summed E-state index contributed by atoms with van der Waals surface area (Å²) in [6.07, 6.45) is 0. The molecule has 0 unspecified atom stereocenters. The standard InChI is InChI=1S/C13H39OSi6.K/c1-14-20(18(8,9)10,19(11,12)13)15(16(2,3)4)17(5,6)7;/h1-13H3;/q-1;+1. The van der Waals surface area contributed by atoms with E-state index in [1.165, 1.54) is 0 Å². The van der Waals surface area contributed by atoms with Gasteiger partial charge < -0.3 is 4.43 Å². The van der Waals surface area contributed by atoms with Crippen LogP contribution >= 0.6 is 0 Å². The molecule has 0 heterocycles. The van der Waals surface area contributed by atoms with Gasteiger partial charge in [-0.15, -0.1) is 15.2 Å². The fourth-order valence-electron chi connectivity index (χ4n) is 4.77. The van der Waals surface area contributed by atoms with Crippen molar-refractivity contribution in [1.29, 1.82) is 0 Å². The second kappa shape index (κ2) is 8.06. The van der Waals surface area contributed by atoms with E-state index in [1.54, 1.807) is 0 Å². The van der Waals surface area contributed by atoms with Crippen LogP contribution in [0.3, 0.4) is 0 Å². The summed E-state index contributed by atoms with van der Waals surface area (Å²) in [6, 6.07) is 0. The quantitative estimate of drug-likeness (QED) is 0.598. The van der Waals surface area contributed by atoms with Gasteiger partial charge in [-0.25, -0.2) is 7.35 Å². The zero-order valence-electron chi connectivity index (χ0n) is 17.4. The van der Waals surface area contributed by atoms with E-state index < -0.39 is 37.2 Å². The molecule has 1 nitrogen and oxygen atoms in total. The van der Waals surface area contributed by atoms with Crippen LogP contribution in [0.4, 0.5) is 0 Å². The maximum absolute atomic E-state index is 6.76. The topological polar surface area (TPSA) is 9.23 Å². The van der Waals surface area contributed by atoms with Gasteiger partial charge in [0.1, 0.15) is 0 Å². The first-order chi connectivity index (χ1) is 8.43. The fourth-order valence-corrected chi connectivity index (χ4v) is 199. The SMILES string of the molecule is CO[Si]([Si-]([Si](C)(C)C)[Si](C)(C)C)([Si](C)(C)C)[Si](C)(C)C.[K+]. The van der Waals surface area contributed by atoms with Crippen LogP contribution in [-0.4, -0.2) is 51.7 Å². The van der Waals surface area contributed by atoms with E-state index in [1.807, 2.05) is 0 Å². The molecule has 0 aliphatic heterocycles. The second-order valence-corrected chi connectivity index (χ2v) is 68.6. The molecule has 21 heavy (non-hydrogen) atoms. The van der Waals surface area contributed by atoms with Crippen molar-refractivity contribution >= 4 is 44.6 Å². The van der Waals surface area contributed by atoms with Crippen LogP contribution in [0.25, 0.3) is 0 Å². The predicted molar refractivity (Wildman–Crippen MR) is 112 cm³/mol. The molecule has 0 aromatic carbocycles. The first kappa shape index (κ1) is 26.1. The zero-order chi connectivity index (χ0) is 16.8. The number of hydrogen-bond donors (Lipinski definition) is 0. The number of hydrogen-bond acceptors (Lipinski definition) is 1. The molecular weight excluding hydrogens is 380 g/mol. The first-order valence-corrected chi connectivity index (χ1v) is 30.3. The Labute approximate surface area is 183 Å². The van der Waals surface area contributed by atoms with Gasteiger partial charge in [0, 0.05) is 29.2 Å². The van der Waals surface area contributed by atoms with Crippen LogP contribution in [0.2, 0.25) is 78.6 Å². The van der Waals surface area contributed by atoms with Crippen molar-refractivity contribution in [3.8, 4) is 0 Å². The maximum Gasteiger partial charge on any atom is 1.00 e. The van der Waals surface area contributed by atoms with Gasteiger partial charge >= 0.3 is 51.4 Å². The van der Waals surface area contributed by atoms with E-state index in [4.69, 9.17) is 4.43 Å². The Morgan fingerprint density at radius 2 is 0.810 bits per heavy atom. The van der Waals surface area contributed by atoms with Crippen molar-refractivity contribution in [2.24, 2.45) is 0 Å². The van der Waals surface area contributed by atoms with Crippen molar-refractivity contribution in [3.63, 3.8) is 0 Å². The van der Waals surface area contributed by atoms with Crippen LogP contribution in [0.15, 0.2) is 0 Å². The summed E-state index contributed by atoms with van der Waals surface area (Å²) in [5.74, 6) is 0. The molecule has 0 atom stereocenters. The second-order valence-electron chi connectivity index (χ2n) is 10.3. The third-order valence-electron chi connectivity index (χ3n) is 4.27. The Morgan fingerprint density at radius 1 is 0.571 bits per heavy atom. The molecule has 0 N–H and O–H groups in total. The minimum atomic E-state index is -1.57. The molecule has 0 aromatic rings. The zero-order valence-corrected chi connectivity index (χ0v) is 26.5. The minimum absolute atomic E-state index is 0. The molecule has 0 amide bonds. The van der Waals surface area contributed by atoms with Crippen LogP contribution in [0.1, 0.15) is 0 Å². The molecule has 122 valence electrons. The normalized spacial score (nSPS) is 15.1. The van der Waals surface area contributed by atoms with E-state index in [-0.39, 0.29) is 58.7 Å². The monoisotopic (exact) mass is 418 g/mol. The molecular formula is C13H39KOSi6. The van der Waals surface area contributed by atoms with Crippen molar-refractivity contribution in [1.82, 2.24) is 0 Å². The van der Waals surface area contributed by atoms with E-state index in [0.717, 1.165) is 0 Å². The Morgan fingerprint density at radius 3 is 0.857 bits per heavy atom. The van der Waals surface area contributed by atoms with Gasteiger partial charge in [-0.05, 0) is 0 Å². The summed E-state index contributed by atoms with van der Waals surface area (Å²) in [4.78, 5) is 0. The van der Waals surface area contributed by atoms with Gasteiger partial charge in [0.25, 0.3) is 0 Å². The molecule has 0 radical (unpaired) electrons. The van der Waals surface area contributed by atoms with Crippen LogP contribution in [0.5, 0.6) is 0 Å². The van der Waals surface area contributed by atoms with Crippen molar-refractivity contribution in [2.75, 3.05) is 7.11 Å². The van der Waals surface area contributed by atoms with Gasteiger partial charge in [-0.3, -0.25) is 0 Å². The van der Waals surface area contributed by atoms with Gasteiger partial charge in [0.05, 0.1) is 0 Å². The molecule has 0 fully saturated rings. The Balaban J connectivity index is 0. The van der Waals surface area contributed by atoms with Crippen LogP contribution in [-0.2, 0) is 4.43 Å². The molecule has 0 rings (SSSR count). The van der Waals surface area contributed by atoms with E-state index in [0.29, 0.717) is 0 Å². The molecule has 0 aliphatic carbocycles. The van der Waals surface area contributed by atoms with Gasteiger partial charge in [-0.2, -0.15) is 0 Å². The molecule has 0 spiro atoms. The summed E-state index contributed by atoms with van der Waals surface area (Å²) >= 11 is 0. The fraction of sp³-hybridized carbons (Fsp3) is 1.00. The van der Waals surface area contributed by atoms with Gasteiger partial charge in [0.2, 0.25) is 0 Å². The molecule has 0 aliphatic rings. The molecule has 8 heteroatoms. The van der Waals surface area contributed by atoms with Crippen molar-refractivity contribution in [3.05, 3.63) is 0 Å². The largest absolute Gasteiger partial charge is 1.00 e. The van der Waals surface area contributed by atoms with Gasteiger partial charge in [-0.1, -0.05) is 78.6 Å². The summed E-state index contributed by atoms with van der Waals surface area (Å²) in [5.41, 5.74) is 0. The average Bonchev–Trinajstić information content (AvgIpc) is 2.04. The molecule has 0 saturated carbocycles. The maximum atomic E-state index is 6.76. The third-order valence-corrected chi connectivity index (χ3v) is 112. The minimum Gasteiger partial charge on any atom is -0.461 e. The average molecular weight is 419 g/mol. The summed E-state index contributed by atoms with van der Waals surface area (Å²) in [7, 11) is -3.00. The first-order valence-electron chi connectivity index (χ1n) is 7.86. The molecule has 0 bridgehead atoms. The van der Waals surface area contributed by atoms with Gasteiger partial charge in [0.15, 0.2) is 0 Å². The summed E-state index contributed by atoms with van der Waals surface area (Å²) in [5, 5.41) is 0. The Bertz CT molecular complexity index is 307. The Kier molecular flexibility index (Phi) is 10.0. The van der Waals surface area contributed by atoms with Crippen molar-refractivity contribution < 1.29 is 55.8 Å². The smallest absolute Gasteiger partial charge is 0.461 e. The van der Waals surface area contributed by atoms with Crippen LogP contribution in [0, 0.1) is 0 Å². The van der Waals surface area contributed by atoms with E-state index in [2.05, 4.69) is 85.7 Å². The number of rotatable bonds is 6. The van der Waals surface area contributed by atoms with E-state index in [9.17, 15) is 0 Å². The molecule has 0 saturated heterocycles. The van der Waals surface area contributed by atoms with Crippen LogP contribution < -0.4 is 51.4 Å². The summed E-state index contributed by atoms with van der Waals surface area (Å²) < 4.78 is 6.76. The van der Waals surface area contributed by atoms with E-state index >= 15 is 0 Å². The Hall–Kier alpha value is 2.90.